The van der Waals surface area contributed by atoms with Gasteiger partial charge in [0.25, 0.3) is 0 Å². The van der Waals surface area contributed by atoms with Crippen LogP contribution in [0.25, 0.3) is 21.3 Å². The molecule has 1 amide bonds. The predicted octanol–water partition coefficient (Wildman–Crippen LogP) is 4.17. The van der Waals surface area contributed by atoms with Crippen LogP contribution in [0.2, 0.25) is 5.02 Å². The molecule has 2 aromatic carbocycles. The Morgan fingerprint density at radius 3 is 2.70 bits per heavy atom. The Kier molecular flexibility index (Phi) is 7.65. The standard InChI is InChI=1S/C21H22ClFN4OS.ClH/c22-16-3-1-2-14(10-16)19-20(23)15(11-17-21(19)25-13-29-17)12-26-6-8-27(9-7-26)18(28)4-5-24;/h1-3,10-11,13H,4-9,12,24H2;1H. The molecule has 0 radical (unpaired) electrons. The highest BCUT2D eigenvalue weighted by molar-refractivity contribution is 7.16. The van der Waals surface area contributed by atoms with E-state index in [4.69, 9.17) is 17.3 Å². The molecule has 0 saturated carbocycles. The minimum absolute atomic E-state index is 0. The number of benzene rings is 2. The van der Waals surface area contributed by atoms with Crippen molar-refractivity contribution in [2.45, 2.75) is 13.0 Å². The van der Waals surface area contributed by atoms with Gasteiger partial charge in [-0.1, -0.05) is 23.7 Å². The van der Waals surface area contributed by atoms with Gasteiger partial charge in [-0.15, -0.1) is 23.7 Å². The molecule has 0 aliphatic carbocycles. The Morgan fingerprint density at radius 2 is 2.00 bits per heavy atom. The zero-order valence-corrected chi connectivity index (χ0v) is 18.7. The molecule has 1 aromatic heterocycles. The zero-order valence-electron chi connectivity index (χ0n) is 16.3. The Balaban J connectivity index is 0.00000256. The van der Waals surface area contributed by atoms with Gasteiger partial charge in [0.05, 0.1) is 15.7 Å². The molecule has 4 rings (SSSR count). The summed E-state index contributed by atoms with van der Waals surface area (Å²) in [5.74, 6) is -0.167. The molecule has 1 fully saturated rings. The minimum atomic E-state index is -0.257. The van der Waals surface area contributed by atoms with Crippen molar-refractivity contribution in [3.8, 4) is 11.1 Å². The van der Waals surface area contributed by atoms with Gasteiger partial charge in [-0.2, -0.15) is 0 Å². The molecule has 0 atom stereocenters. The molecular formula is C21H23Cl2FN4OS. The van der Waals surface area contributed by atoms with E-state index in [0.29, 0.717) is 67.4 Å². The van der Waals surface area contributed by atoms with Crippen LogP contribution >= 0.6 is 35.3 Å². The van der Waals surface area contributed by atoms with Crippen molar-refractivity contribution in [2.24, 2.45) is 5.73 Å². The van der Waals surface area contributed by atoms with Crippen LogP contribution in [-0.4, -0.2) is 53.4 Å². The Labute approximate surface area is 190 Å². The molecular weight excluding hydrogens is 446 g/mol. The minimum Gasteiger partial charge on any atom is -0.340 e. The molecule has 1 aliphatic heterocycles. The molecule has 160 valence electrons. The number of rotatable bonds is 5. The van der Waals surface area contributed by atoms with Gasteiger partial charge in [0.15, 0.2) is 0 Å². The zero-order chi connectivity index (χ0) is 20.4. The fraction of sp³-hybridized carbons (Fsp3) is 0.333. The molecule has 0 unspecified atom stereocenters. The maximum atomic E-state index is 15.6. The first kappa shape index (κ1) is 22.9. The van der Waals surface area contributed by atoms with Crippen LogP contribution in [0.1, 0.15) is 12.0 Å². The SMILES string of the molecule is Cl.NCCC(=O)N1CCN(Cc2cc3scnc3c(-c3cccc(Cl)c3)c2F)CC1. The number of carbonyl (C=O) groups excluding carboxylic acids is 1. The highest BCUT2D eigenvalue weighted by Gasteiger charge is 2.23. The maximum absolute atomic E-state index is 15.6. The lowest BCUT2D eigenvalue weighted by molar-refractivity contribution is -0.132. The average Bonchev–Trinajstić information content (AvgIpc) is 3.17. The van der Waals surface area contributed by atoms with Crippen LogP contribution in [0.3, 0.4) is 0 Å². The normalized spacial score (nSPS) is 14.7. The number of halogens is 3. The molecule has 3 aromatic rings. The lowest BCUT2D eigenvalue weighted by atomic mass is 10.00. The summed E-state index contributed by atoms with van der Waals surface area (Å²) >= 11 is 7.64. The quantitative estimate of drug-likeness (QED) is 0.610. The van der Waals surface area contributed by atoms with Gasteiger partial charge >= 0.3 is 0 Å². The Bertz CT molecular complexity index is 1040. The van der Waals surface area contributed by atoms with Gasteiger partial charge in [-0.05, 0) is 23.8 Å². The van der Waals surface area contributed by atoms with E-state index in [0.717, 1.165) is 10.3 Å². The van der Waals surface area contributed by atoms with E-state index < -0.39 is 0 Å². The van der Waals surface area contributed by atoms with Gasteiger partial charge < -0.3 is 10.6 Å². The van der Waals surface area contributed by atoms with E-state index in [-0.39, 0.29) is 24.1 Å². The summed E-state index contributed by atoms with van der Waals surface area (Å²) in [4.78, 5) is 20.4. The number of piperazine rings is 1. The van der Waals surface area contributed by atoms with Crippen LogP contribution in [-0.2, 0) is 11.3 Å². The molecule has 0 spiro atoms. The fourth-order valence-electron chi connectivity index (χ4n) is 3.73. The largest absolute Gasteiger partial charge is 0.340 e. The Hall–Kier alpha value is -1.77. The smallest absolute Gasteiger partial charge is 0.223 e. The summed E-state index contributed by atoms with van der Waals surface area (Å²) in [5, 5.41) is 0.564. The second-order valence-electron chi connectivity index (χ2n) is 7.13. The Morgan fingerprint density at radius 1 is 1.23 bits per heavy atom. The summed E-state index contributed by atoms with van der Waals surface area (Å²) in [6, 6.07) is 9.11. The molecule has 30 heavy (non-hydrogen) atoms. The molecule has 9 heteroatoms. The van der Waals surface area contributed by atoms with Crippen LogP contribution in [0.5, 0.6) is 0 Å². The summed E-state index contributed by atoms with van der Waals surface area (Å²) in [5.41, 5.74) is 9.74. The highest BCUT2D eigenvalue weighted by Crippen LogP contribution is 2.36. The van der Waals surface area contributed by atoms with Crippen molar-refractivity contribution in [1.82, 2.24) is 14.8 Å². The van der Waals surface area contributed by atoms with E-state index in [1.54, 1.807) is 17.6 Å². The first-order chi connectivity index (χ1) is 14.1. The molecule has 1 aliphatic rings. The number of aromatic nitrogens is 1. The van der Waals surface area contributed by atoms with Gasteiger partial charge in [-0.25, -0.2) is 9.37 Å². The third kappa shape index (κ3) is 4.76. The number of nitrogens with two attached hydrogens (primary N) is 1. The van der Waals surface area contributed by atoms with Crippen molar-refractivity contribution >= 4 is 51.5 Å². The van der Waals surface area contributed by atoms with Crippen molar-refractivity contribution < 1.29 is 9.18 Å². The first-order valence-corrected chi connectivity index (χ1v) is 10.8. The van der Waals surface area contributed by atoms with Gasteiger partial charge in [0, 0.05) is 61.8 Å². The molecule has 2 N–H and O–H groups in total. The van der Waals surface area contributed by atoms with E-state index in [1.165, 1.54) is 11.3 Å². The van der Waals surface area contributed by atoms with E-state index in [9.17, 15) is 4.79 Å². The molecule has 5 nitrogen and oxygen atoms in total. The lowest BCUT2D eigenvalue weighted by Crippen LogP contribution is -2.48. The van der Waals surface area contributed by atoms with Crippen LogP contribution in [0.4, 0.5) is 4.39 Å². The van der Waals surface area contributed by atoms with Crippen molar-refractivity contribution in [1.29, 1.82) is 0 Å². The van der Waals surface area contributed by atoms with Crippen molar-refractivity contribution in [2.75, 3.05) is 32.7 Å². The second-order valence-corrected chi connectivity index (χ2v) is 8.45. The number of hydrogen-bond acceptors (Lipinski definition) is 5. The highest BCUT2D eigenvalue weighted by atomic mass is 35.5. The monoisotopic (exact) mass is 468 g/mol. The topological polar surface area (TPSA) is 62.5 Å². The third-order valence-corrected chi connectivity index (χ3v) is 6.24. The van der Waals surface area contributed by atoms with E-state index in [2.05, 4.69) is 9.88 Å². The fourth-order valence-corrected chi connectivity index (χ4v) is 4.67. The number of fused-ring (bicyclic) bond motifs is 1. The molecule has 2 heterocycles. The first-order valence-electron chi connectivity index (χ1n) is 9.57. The van der Waals surface area contributed by atoms with Gasteiger partial charge in [-0.3, -0.25) is 9.69 Å². The van der Waals surface area contributed by atoms with Crippen LogP contribution in [0, 0.1) is 5.82 Å². The number of carbonyl (C=O) groups is 1. The number of thiazole rings is 1. The van der Waals surface area contributed by atoms with Gasteiger partial charge in [0.1, 0.15) is 5.82 Å². The molecule has 1 saturated heterocycles. The van der Waals surface area contributed by atoms with E-state index >= 15 is 4.39 Å². The van der Waals surface area contributed by atoms with Crippen molar-refractivity contribution in [3.63, 3.8) is 0 Å². The maximum Gasteiger partial charge on any atom is 0.223 e. The number of amides is 1. The molecule has 0 bridgehead atoms. The summed E-state index contributed by atoms with van der Waals surface area (Å²) in [7, 11) is 0. The summed E-state index contributed by atoms with van der Waals surface area (Å²) in [6.45, 7) is 3.57. The van der Waals surface area contributed by atoms with E-state index in [1.807, 2.05) is 23.1 Å². The second kappa shape index (κ2) is 10.0. The number of nitrogens with zero attached hydrogens (tertiary/aromatic N) is 3. The van der Waals surface area contributed by atoms with Crippen LogP contribution < -0.4 is 5.73 Å². The summed E-state index contributed by atoms with van der Waals surface area (Å²) in [6.07, 6.45) is 0.375. The average molecular weight is 469 g/mol. The summed E-state index contributed by atoms with van der Waals surface area (Å²) < 4.78 is 16.5. The van der Waals surface area contributed by atoms with Gasteiger partial charge in [0.2, 0.25) is 5.91 Å². The van der Waals surface area contributed by atoms with Crippen LogP contribution in [0.15, 0.2) is 35.8 Å². The number of hydrogen-bond donors (Lipinski definition) is 1. The third-order valence-electron chi connectivity index (χ3n) is 5.23. The predicted molar refractivity (Wildman–Crippen MR) is 123 cm³/mol. The van der Waals surface area contributed by atoms with Crippen molar-refractivity contribution in [3.05, 3.63) is 52.2 Å². The lowest BCUT2D eigenvalue weighted by Gasteiger charge is -2.35.